The molecule has 2 rings (SSSR count). The average molecular weight is 246 g/mol. The molecule has 1 amide bonds. The fraction of sp³-hybridized carbons (Fsp3) is 0.533. The number of amides is 1. The molecule has 2 N–H and O–H groups in total. The lowest BCUT2D eigenvalue weighted by Crippen LogP contribution is -2.40. The molecular weight excluding hydrogens is 224 g/mol. The molecule has 1 heterocycles. The van der Waals surface area contributed by atoms with Gasteiger partial charge in [0.2, 0.25) is 5.91 Å². The molecule has 1 saturated heterocycles. The SMILES string of the molecule is Cc1ccc(C2C(N)CCCC(=O)N2C)c(C)c1. The van der Waals surface area contributed by atoms with Gasteiger partial charge in [0.05, 0.1) is 6.04 Å². The van der Waals surface area contributed by atoms with Crippen LogP contribution in [0.3, 0.4) is 0 Å². The van der Waals surface area contributed by atoms with Crippen LogP contribution in [0, 0.1) is 13.8 Å². The van der Waals surface area contributed by atoms with Gasteiger partial charge in [0, 0.05) is 19.5 Å². The van der Waals surface area contributed by atoms with Crippen LogP contribution in [0.1, 0.15) is 42.0 Å². The van der Waals surface area contributed by atoms with Crippen molar-refractivity contribution >= 4 is 5.91 Å². The van der Waals surface area contributed by atoms with E-state index >= 15 is 0 Å². The van der Waals surface area contributed by atoms with E-state index in [-0.39, 0.29) is 18.0 Å². The number of hydrogen-bond donors (Lipinski definition) is 1. The van der Waals surface area contributed by atoms with Crippen molar-refractivity contribution in [2.24, 2.45) is 5.73 Å². The van der Waals surface area contributed by atoms with Crippen LogP contribution in [0.4, 0.5) is 0 Å². The minimum absolute atomic E-state index is 0.0144. The number of nitrogens with zero attached hydrogens (tertiary/aromatic N) is 1. The molecule has 2 unspecified atom stereocenters. The first-order valence-electron chi connectivity index (χ1n) is 6.59. The molecule has 1 fully saturated rings. The van der Waals surface area contributed by atoms with Crippen LogP contribution in [-0.4, -0.2) is 23.9 Å². The number of carbonyl (C=O) groups excluding carboxylic acids is 1. The second-order valence-corrected chi connectivity index (χ2v) is 5.37. The van der Waals surface area contributed by atoms with Gasteiger partial charge in [0.25, 0.3) is 0 Å². The van der Waals surface area contributed by atoms with Crippen molar-refractivity contribution in [3.8, 4) is 0 Å². The van der Waals surface area contributed by atoms with Crippen molar-refractivity contribution in [2.45, 2.75) is 45.2 Å². The van der Waals surface area contributed by atoms with Gasteiger partial charge in [-0.15, -0.1) is 0 Å². The van der Waals surface area contributed by atoms with Crippen LogP contribution in [-0.2, 0) is 4.79 Å². The highest BCUT2D eigenvalue weighted by molar-refractivity contribution is 5.77. The highest BCUT2D eigenvalue weighted by atomic mass is 16.2. The summed E-state index contributed by atoms with van der Waals surface area (Å²) in [5.74, 6) is 0.202. The van der Waals surface area contributed by atoms with Gasteiger partial charge in [-0.2, -0.15) is 0 Å². The average Bonchev–Trinajstić information content (AvgIpc) is 2.42. The third-order valence-corrected chi connectivity index (χ3v) is 3.89. The van der Waals surface area contributed by atoms with E-state index in [0.717, 1.165) is 12.8 Å². The largest absolute Gasteiger partial charge is 0.337 e. The second kappa shape index (κ2) is 5.11. The maximum absolute atomic E-state index is 12.0. The zero-order valence-electron chi connectivity index (χ0n) is 11.4. The Morgan fingerprint density at radius 1 is 1.33 bits per heavy atom. The molecule has 1 aliphatic heterocycles. The van der Waals surface area contributed by atoms with E-state index in [4.69, 9.17) is 5.73 Å². The number of carbonyl (C=O) groups is 1. The predicted molar refractivity (Wildman–Crippen MR) is 73.3 cm³/mol. The van der Waals surface area contributed by atoms with Gasteiger partial charge < -0.3 is 10.6 Å². The number of hydrogen-bond acceptors (Lipinski definition) is 2. The van der Waals surface area contributed by atoms with Gasteiger partial charge in [-0.1, -0.05) is 23.8 Å². The minimum Gasteiger partial charge on any atom is -0.337 e. The molecule has 1 aliphatic rings. The van der Waals surface area contributed by atoms with Crippen molar-refractivity contribution in [3.63, 3.8) is 0 Å². The molecule has 3 heteroatoms. The van der Waals surface area contributed by atoms with Gasteiger partial charge in [-0.05, 0) is 37.8 Å². The van der Waals surface area contributed by atoms with E-state index < -0.39 is 0 Å². The van der Waals surface area contributed by atoms with Crippen LogP contribution >= 0.6 is 0 Å². The molecule has 18 heavy (non-hydrogen) atoms. The first-order chi connectivity index (χ1) is 8.50. The lowest BCUT2D eigenvalue weighted by molar-refractivity contribution is -0.131. The Labute approximate surface area is 109 Å². The summed E-state index contributed by atoms with van der Waals surface area (Å²) in [5, 5.41) is 0. The van der Waals surface area contributed by atoms with E-state index in [1.807, 2.05) is 11.9 Å². The maximum atomic E-state index is 12.0. The smallest absolute Gasteiger partial charge is 0.222 e. The molecule has 1 aromatic rings. The third-order valence-electron chi connectivity index (χ3n) is 3.89. The zero-order valence-corrected chi connectivity index (χ0v) is 11.4. The van der Waals surface area contributed by atoms with Crippen LogP contribution < -0.4 is 5.73 Å². The molecule has 0 radical (unpaired) electrons. The summed E-state index contributed by atoms with van der Waals surface area (Å²) < 4.78 is 0. The molecule has 2 atom stereocenters. The van der Waals surface area contributed by atoms with E-state index in [9.17, 15) is 4.79 Å². The van der Waals surface area contributed by atoms with Crippen LogP contribution in [0.2, 0.25) is 0 Å². The van der Waals surface area contributed by atoms with Gasteiger partial charge in [-0.3, -0.25) is 4.79 Å². The number of nitrogens with two attached hydrogens (primary N) is 1. The van der Waals surface area contributed by atoms with Crippen molar-refractivity contribution in [3.05, 3.63) is 34.9 Å². The van der Waals surface area contributed by atoms with Gasteiger partial charge in [0.1, 0.15) is 0 Å². The van der Waals surface area contributed by atoms with Gasteiger partial charge in [-0.25, -0.2) is 0 Å². The Hall–Kier alpha value is -1.35. The molecule has 0 aliphatic carbocycles. The van der Waals surface area contributed by atoms with E-state index in [2.05, 4.69) is 32.0 Å². The summed E-state index contributed by atoms with van der Waals surface area (Å²) in [4.78, 5) is 13.8. The summed E-state index contributed by atoms with van der Waals surface area (Å²) in [6.45, 7) is 4.18. The fourth-order valence-corrected chi connectivity index (χ4v) is 2.86. The summed E-state index contributed by atoms with van der Waals surface area (Å²) in [5.41, 5.74) is 9.93. The Morgan fingerprint density at radius 3 is 2.72 bits per heavy atom. The first-order valence-corrected chi connectivity index (χ1v) is 6.59. The number of likely N-dealkylation sites (tertiary alicyclic amines) is 1. The molecule has 98 valence electrons. The zero-order chi connectivity index (χ0) is 13.3. The monoisotopic (exact) mass is 246 g/mol. The normalized spacial score (nSPS) is 25.1. The summed E-state index contributed by atoms with van der Waals surface area (Å²) in [6.07, 6.45) is 2.42. The lowest BCUT2D eigenvalue weighted by atomic mass is 9.92. The third kappa shape index (κ3) is 2.41. The van der Waals surface area contributed by atoms with Crippen molar-refractivity contribution in [1.82, 2.24) is 4.90 Å². The molecule has 0 saturated carbocycles. The summed E-state index contributed by atoms with van der Waals surface area (Å²) >= 11 is 0. The minimum atomic E-state index is 0.0144. The fourth-order valence-electron chi connectivity index (χ4n) is 2.86. The maximum Gasteiger partial charge on any atom is 0.222 e. The number of rotatable bonds is 1. The topological polar surface area (TPSA) is 46.3 Å². The van der Waals surface area contributed by atoms with E-state index in [0.29, 0.717) is 6.42 Å². The second-order valence-electron chi connectivity index (χ2n) is 5.37. The molecule has 1 aromatic carbocycles. The Morgan fingerprint density at radius 2 is 2.06 bits per heavy atom. The first kappa shape index (κ1) is 13.1. The Kier molecular flexibility index (Phi) is 3.71. The van der Waals surface area contributed by atoms with Crippen LogP contribution in [0.5, 0.6) is 0 Å². The highest BCUT2D eigenvalue weighted by Crippen LogP contribution is 2.31. The van der Waals surface area contributed by atoms with E-state index in [1.54, 1.807) is 0 Å². The molecule has 0 bridgehead atoms. The number of aryl methyl sites for hydroxylation is 2. The molecular formula is C15H22N2O. The van der Waals surface area contributed by atoms with E-state index in [1.165, 1.54) is 16.7 Å². The van der Waals surface area contributed by atoms with Crippen LogP contribution in [0.25, 0.3) is 0 Å². The lowest BCUT2D eigenvalue weighted by Gasteiger charge is -2.32. The predicted octanol–water partition coefficient (Wildman–Crippen LogP) is 2.31. The van der Waals surface area contributed by atoms with Crippen LogP contribution in [0.15, 0.2) is 18.2 Å². The number of benzene rings is 1. The highest BCUT2D eigenvalue weighted by Gasteiger charge is 2.30. The molecule has 3 nitrogen and oxygen atoms in total. The quantitative estimate of drug-likeness (QED) is 0.826. The van der Waals surface area contributed by atoms with Crippen molar-refractivity contribution in [1.29, 1.82) is 0 Å². The van der Waals surface area contributed by atoms with Crippen molar-refractivity contribution in [2.75, 3.05) is 7.05 Å². The Bertz CT molecular complexity index is 456. The Balaban J connectivity index is 2.41. The van der Waals surface area contributed by atoms with Crippen molar-refractivity contribution < 1.29 is 4.79 Å². The standard InChI is InChI=1S/C15H22N2O/c1-10-7-8-12(11(2)9-10)15-13(16)5-4-6-14(18)17(15)3/h7-9,13,15H,4-6,16H2,1-3H3. The van der Waals surface area contributed by atoms with Gasteiger partial charge in [0.15, 0.2) is 0 Å². The van der Waals surface area contributed by atoms with Gasteiger partial charge >= 0.3 is 0 Å². The number of likely N-dealkylation sites (N-methyl/N-ethyl adjacent to an activating group) is 1. The molecule has 0 aromatic heterocycles. The molecule has 0 spiro atoms. The summed E-state index contributed by atoms with van der Waals surface area (Å²) in [7, 11) is 1.87. The summed E-state index contributed by atoms with van der Waals surface area (Å²) in [6, 6.07) is 6.41.